The van der Waals surface area contributed by atoms with Crippen molar-refractivity contribution in [2.75, 3.05) is 39.8 Å². The Kier molecular flexibility index (Phi) is 11.7. The minimum atomic E-state index is 0.107. The van der Waals surface area contributed by atoms with Gasteiger partial charge in [-0.2, -0.15) is 0 Å². The van der Waals surface area contributed by atoms with Crippen LogP contribution in [0.4, 0.5) is 0 Å². The molecule has 0 aromatic heterocycles. The third-order valence-electron chi connectivity index (χ3n) is 3.70. The van der Waals surface area contributed by atoms with Gasteiger partial charge in [0.2, 0.25) is 5.91 Å². The highest BCUT2D eigenvalue weighted by Crippen LogP contribution is 2.16. The van der Waals surface area contributed by atoms with E-state index in [1.807, 2.05) is 37.6 Å². The predicted octanol–water partition coefficient (Wildman–Crippen LogP) is 1.71. The Morgan fingerprint density at radius 1 is 1.27 bits per heavy atom. The topological polar surface area (TPSA) is 60.9 Å². The van der Waals surface area contributed by atoms with Crippen LogP contribution < -0.4 is 0 Å². The van der Waals surface area contributed by atoms with Crippen molar-refractivity contribution in [1.82, 2.24) is 9.80 Å². The number of amides is 1. The van der Waals surface area contributed by atoms with Crippen LogP contribution in [0.1, 0.15) is 40.0 Å². The Morgan fingerprint density at radius 3 is 2.36 bits per heavy atom. The van der Waals surface area contributed by atoms with E-state index < -0.39 is 0 Å². The molecule has 5 nitrogen and oxygen atoms in total. The van der Waals surface area contributed by atoms with E-state index >= 15 is 0 Å². The van der Waals surface area contributed by atoms with Crippen molar-refractivity contribution < 1.29 is 14.7 Å². The summed E-state index contributed by atoms with van der Waals surface area (Å²) in [6.45, 7) is 8.50. The lowest BCUT2D eigenvalue weighted by molar-refractivity contribution is -0.133. The second kappa shape index (κ2) is 12.4. The van der Waals surface area contributed by atoms with Crippen molar-refractivity contribution in [2.24, 2.45) is 5.92 Å². The summed E-state index contributed by atoms with van der Waals surface area (Å²) in [7, 11) is 1.87. The molecule has 1 saturated heterocycles. The van der Waals surface area contributed by atoms with Crippen LogP contribution in [0.3, 0.4) is 0 Å². The summed E-state index contributed by atoms with van der Waals surface area (Å²) in [5.74, 6) is 0.578. The molecule has 0 bridgehead atoms. The Hall–Kier alpha value is -1.20. The molecule has 0 unspecified atom stereocenters. The maximum absolute atomic E-state index is 12.1. The summed E-state index contributed by atoms with van der Waals surface area (Å²) in [4.78, 5) is 27.0. The van der Waals surface area contributed by atoms with Gasteiger partial charge in [0.1, 0.15) is 0 Å². The number of hydrogen-bond acceptors (Lipinski definition) is 4. The first-order valence-electron chi connectivity index (χ1n) is 8.33. The number of carbonyl (C=O) groups excluding carboxylic acids is 2. The van der Waals surface area contributed by atoms with Crippen LogP contribution >= 0.6 is 0 Å². The number of rotatable bonds is 7. The van der Waals surface area contributed by atoms with Crippen LogP contribution in [0.5, 0.6) is 0 Å². The highest BCUT2D eigenvalue weighted by Gasteiger charge is 2.22. The van der Waals surface area contributed by atoms with Crippen molar-refractivity contribution in [3.63, 3.8) is 0 Å². The smallest absolute Gasteiger partial charge is 0.236 e. The normalized spacial score (nSPS) is 15.8. The zero-order chi connectivity index (χ0) is 17.0. The second-order valence-corrected chi connectivity index (χ2v) is 5.43. The predicted molar refractivity (Wildman–Crippen MR) is 89.7 cm³/mol. The van der Waals surface area contributed by atoms with Gasteiger partial charge in [0, 0.05) is 32.7 Å². The van der Waals surface area contributed by atoms with E-state index in [2.05, 4.69) is 0 Å². The number of likely N-dealkylation sites (tertiary alicyclic amines) is 1. The maximum atomic E-state index is 12.1. The Balaban J connectivity index is 0.00000211. The summed E-state index contributed by atoms with van der Waals surface area (Å²) in [6.07, 6.45) is 5.66. The number of ketones is 1. The van der Waals surface area contributed by atoms with Gasteiger partial charge >= 0.3 is 0 Å². The first-order chi connectivity index (χ1) is 10.6. The molecule has 0 aliphatic carbocycles. The van der Waals surface area contributed by atoms with Crippen LogP contribution in [0.2, 0.25) is 0 Å². The van der Waals surface area contributed by atoms with E-state index in [1.165, 1.54) is 0 Å². The fourth-order valence-electron chi connectivity index (χ4n) is 2.24. The molecular weight excluding hydrogens is 280 g/mol. The average Bonchev–Trinajstić information content (AvgIpc) is 2.56. The van der Waals surface area contributed by atoms with Crippen molar-refractivity contribution in [3.05, 3.63) is 12.2 Å². The molecule has 1 rings (SSSR count). The van der Waals surface area contributed by atoms with E-state index in [0.717, 1.165) is 25.9 Å². The lowest BCUT2D eigenvalue weighted by Crippen LogP contribution is -2.43. The zero-order valence-corrected chi connectivity index (χ0v) is 14.5. The molecule has 1 amide bonds. The van der Waals surface area contributed by atoms with Gasteiger partial charge < -0.3 is 10.0 Å². The molecule has 0 aromatic rings. The summed E-state index contributed by atoms with van der Waals surface area (Å²) in [5, 5.41) is 9.08. The zero-order valence-electron chi connectivity index (χ0n) is 14.5. The largest absolute Gasteiger partial charge is 0.396 e. The van der Waals surface area contributed by atoms with Crippen LogP contribution in [-0.2, 0) is 9.59 Å². The number of piperidine rings is 1. The molecule has 1 fully saturated rings. The molecule has 1 heterocycles. The Labute approximate surface area is 135 Å². The molecule has 1 aliphatic rings. The van der Waals surface area contributed by atoms with Gasteiger partial charge in [0.05, 0.1) is 6.54 Å². The molecule has 22 heavy (non-hydrogen) atoms. The lowest BCUT2D eigenvalue weighted by Gasteiger charge is -2.32. The molecule has 128 valence electrons. The van der Waals surface area contributed by atoms with Crippen LogP contribution in [-0.4, -0.2) is 66.4 Å². The number of carbonyl (C=O) groups is 2. The van der Waals surface area contributed by atoms with Gasteiger partial charge in [-0.15, -0.1) is 0 Å². The monoisotopic (exact) mass is 312 g/mol. The fraction of sp³-hybridized carbons (Fsp3) is 0.765. The molecule has 1 N–H and O–H groups in total. The molecule has 0 atom stereocenters. The standard InChI is InChI=1S/C15H26N2O3.C2H6/c1-3-14(19)5-4-8-16(2)11-15(20)17-9-6-13(12-18)7-10-17;1-2/h4-5,13,18H,3,6-12H2,1-2H3;1-2H3/b5-4+;. The van der Waals surface area contributed by atoms with E-state index in [-0.39, 0.29) is 18.3 Å². The molecular formula is C17H32N2O3. The number of aliphatic hydroxyl groups excluding tert-OH is 1. The van der Waals surface area contributed by atoms with E-state index in [1.54, 1.807) is 12.2 Å². The van der Waals surface area contributed by atoms with Crippen LogP contribution in [0.25, 0.3) is 0 Å². The SMILES string of the molecule is CC.CCC(=O)/C=C/CN(C)CC(=O)N1CCC(CO)CC1. The highest BCUT2D eigenvalue weighted by atomic mass is 16.3. The van der Waals surface area contributed by atoms with Crippen LogP contribution in [0.15, 0.2) is 12.2 Å². The summed E-state index contributed by atoms with van der Waals surface area (Å²) in [5.41, 5.74) is 0. The van der Waals surface area contributed by atoms with Crippen molar-refractivity contribution in [1.29, 1.82) is 0 Å². The number of hydrogen-bond donors (Lipinski definition) is 1. The van der Waals surface area contributed by atoms with E-state index in [0.29, 0.717) is 25.4 Å². The minimum absolute atomic E-state index is 0.107. The third-order valence-corrected chi connectivity index (χ3v) is 3.70. The molecule has 0 spiro atoms. The molecule has 0 radical (unpaired) electrons. The van der Waals surface area contributed by atoms with E-state index in [4.69, 9.17) is 5.11 Å². The van der Waals surface area contributed by atoms with Gasteiger partial charge in [-0.05, 0) is 31.9 Å². The van der Waals surface area contributed by atoms with Gasteiger partial charge in [0.15, 0.2) is 5.78 Å². The highest BCUT2D eigenvalue weighted by molar-refractivity contribution is 5.89. The van der Waals surface area contributed by atoms with Crippen molar-refractivity contribution in [2.45, 2.75) is 40.0 Å². The molecule has 0 saturated carbocycles. The number of likely N-dealkylation sites (N-methyl/N-ethyl adjacent to an activating group) is 1. The average molecular weight is 312 g/mol. The first-order valence-corrected chi connectivity index (χ1v) is 8.33. The third kappa shape index (κ3) is 8.29. The summed E-state index contributed by atoms with van der Waals surface area (Å²) >= 11 is 0. The molecule has 1 aliphatic heterocycles. The Morgan fingerprint density at radius 2 is 1.86 bits per heavy atom. The van der Waals surface area contributed by atoms with Gasteiger partial charge in [-0.1, -0.05) is 26.8 Å². The lowest BCUT2D eigenvalue weighted by atomic mass is 9.98. The van der Waals surface area contributed by atoms with Gasteiger partial charge in [-0.3, -0.25) is 14.5 Å². The number of nitrogens with zero attached hydrogens (tertiary/aromatic N) is 2. The summed E-state index contributed by atoms with van der Waals surface area (Å²) in [6, 6.07) is 0. The number of aliphatic hydroxyl groups is 1. The van der Waals surface area contributed by atoms with Gasteiger partial charge in [-0.25, -0.2) is 0 Å². The second-order valence-electron chi connectivity index (χ2n) is 5.43. The van der Waals surface area contributed by atoms with Gasteiger partial charge in [0.25, 0.3) is 0 Å². The fourth-order valence-corrected chi connectivity index (χ4v) is 2.24. The van der Waals surface area contributed by atoms with Crippen molar-refractivity contribution in [3.8, 4) is 0 Å². The van der Waals surface area contributed by atoms with E-state index in [9.17, 15) is 9.59 Å². The number of allylic oxidation sites excluding steroid dienone is 1. The summed E-state index contributed by atoms with van der Waals surface area (Å²) < 4.78 is 0. The molecule has 5 heteroatoms. The molecule has 0 aromatic carbocycles. The Bertz CT molecular complexity index is 348. The maximum Gasteiger partial charge on any atom is 0.236 e. The van der Waals surface area contributed by atoms with Crippen LogP contribution in [0, 0.1) is 5.92 Å². The van der Waals surface area contributed by atoms with Crippen molar-refractivity contribution >= 4 is 11.7 Å². The first kappa shape index (κ1) is 20.8. The minimum Gasteiger partial charge on any atom is -0.396 e. The quantitative estimate of drug-likeness (QED) is 0.727.